The van der Waals surface area contributed by atoms with Crippen molar-refractivity contribution in [1.82, 2.24) is 26.6 Å². The third kappa shape index (κ3) is 12.6. The Kier molecular flexibility index (Phi) is 15.7. The number of halogens is 1. The standard InChI is InChI=1S/C38H51ClN6O6S/c1-8-17-40-38(49)34(24(2)3)44-35(46)26(5)41-23-32(18-27-13-10-9-11-14-27)43-37(48)30-19-29(21-33(22-30)45(6)52(7,50)51)36(47)42-25(4)28-15-12-16-31(39)20-28/h9-16,19-22,24-26,32,34,41H,8,17-18,23H2,1-7H3,(H,40,49)(H,42,47)(H,43,48)(H,44,46)/t25-,26+,32+,34+/m1/s1. The van der Waals surface area contributed by atoms with Crippen molar-refractivity contribution in [3.8, 4) is 0 Å². The fourth-order valence-electron chi connectivity index (χ4n) is 5.31. The van der Waals surface area contributed by atoms with Gasteiger partial charge in [0.1, 0.15) is 6.04 Å². The maximum absolute atomic E-state index is 13.9. The van der Waals surface area contributed by atoms with Crippen molar-refractivity contribution in [2.24, 2.45) is 5.92 Å². The van der Waals surface area contributed by atoms with Crippen LogP contribution in [-0.2, 0) is 26.0 Å². The molecular formula is C38H51ClN6O6S. The van der Waals surface area contributed by atoms with E-state index in [1.165, 1.54) is 25.2 Å². The van der Waals surface area contributed by atoms with Gasteiger partial charge in [0.05, 0.1) is 24.0 Å². The molecule has 0 fully saturated rings. The maximum Gasteiger partial charge on any atom is 0.251 e. The van der Waals surface area contributed by atoms with Crippen LogP contribution in [0.2, 0.25) is 5.02 Å². The lowest BCUT2D eigenvalue weighted by atomic mass is 10.0. The number of hydrogen-bond donors (Lipinski definition) is 5. The molecule has 0 spiro atoms. The van der Waals surface area contributed by atoms with Gasteiger partial charge in [-0.1, -0.05) is 74.8 Å². The van der Waals surface area contributed by atoms with Crippen molar-refractivity contribution in [2.45, 2.75) is 71.6 Å². The molecule has 0 aliphatic carbocycles. The molecule has 3 aromatic rings. The van der Waals surface area contributed by atoms with E-state index in [9.17, 15) is 27.6 Å². The zero-order valence-corrected chi connectivity index (χ0v) is 32.4. The monoisotopic (exact) mass is 754 g/mol. The van der Waals surface area contributed by atoms with Gasteiger partial charge in [-0.3, -0.25) is 23.5 Å². The van der Waals surface area contributed by atoms with Crippen LogP contribution in [0.5, 0.6) is 0 Å². The van der Waals surface area contributed by atoms with Crippen molar-refractivity contribution in [1.29, 1.82) is 0 Å². The molecule has 3 aromatic carbocycles. The molecule has 0 saturated heterocycles. The van der Waals surface area contributed by atoms with Crippen molar-refractivity contribution in [2.75, 3.05) is 30.7 Å². The van der Waals surface area contributed by atoms with Crippen LogP contribution in [0.25, 0.3) is 0 Å². The third-order valence-corrected chi connectivity index (χ3v) is 9.96. The third-order valence-electron chi connectivity index (χ3n) is 8.52. The van der Waals surface area contributed by atoms with Gasteiger partial charge in [0.25, 0.3) is 11.8 Å². The number of hydrogen-bond acceptors (Lipinski definition) is 7. The molecule has 0 bridgehead atoms. The molecule has 0 heterocycles. The van der Waals surface area contributed by atoms with Crippen molar-refractivity contribution < 1.29 is 27.6 Å². The maximum atomic E-state index is 13.9. The highest BCUT2D eigenvalue weighted by Gasteiger charge is 2.27. The quantitative estimate of drug-likeness (QED) is 0.130. The molecule has 0 aliphatic rings. The second-order valence-electron chi connectivity index (χ2n) is 13.3. The molecule has 0 saturated carbocycles. The lowest BCUT2D eigenvalue weighted by molar-refractivity contribution is -0.130. The largest absolute Gasteiger partial charge is 0.354 e. The van der Waals surface area contributed by atoms with Crippen LogP contribution in [0, 0.1) is 5.92 Å². The molecule has 3 rings (SSSR count). The number of amides is 4. The Bertz CT molecular complexity index is 1810. The molecule has 12 nitrogen and oxygen atoms in total. The highest BCUT2D eigenvalue weighted by molar-refractivity contribution is 7.92. The first-order valence-corrected chi connectivity index (χ1v) is 19.5. The van der Waals surface area contributed by atoms with Gasteiger partial charge in [-0.2, -0.15) is 0 Å². The van der Waals surface area contributed by atoms with Crippen LogP contribution in [-0.4, -0.2) is 76.6 Å². The van der Waals surface area contributed by atoms with Gasteiger partial charge in [-0.05, 0) is 74.1 Å². The average Bonchev–Trinajstić information content (AvgIpc) is 3.10. The van der Waals surface area contributed by atoms with E-state index in [1.54, 1.807) is 32.0 Å². The first kappa shape index (κ1) is 42.0. The normalized spacial score (nSPS) is 13.7. The van der Waals surface area contributed by atoms with Gasteiger partial charge >= 0.3 is 0 Å². The minimum Gasteiger partial charge on any atom is -0.354 e. The SMILES string of the molecule is CCCNC(=O)[C@@H](NC(=O)[C@H](C)NC[C@H](Cc1ccccc1)NC(=O)c1cc(C(=O)N[C@H](C)c2cccc(Cl)c2)cc(N(C)S(C)(=O)=O)c1)C(C)C. The zero-order valence-electron chi connectivity index (χ0n) is 30.8. The van der Waals surface area contributed by atoms with Crippen LogP contribution in [0.3, 0.4) is 0 Å². The number of anilines is 1. The molecule has 0 unspecified atom stereocenters. The molecule has 4 amide bonds. The number of nitrogens with zero attached hydrogens (tertiary/aromatic N) is 1. The number of sulfonamides is 1. The van der Waals surface area contributed by atoms with Crippen LogP contribution in [0.1, 0.15) is 78.9 Å². The summed E-state index contributed by atoms with van der Waals surface area (Å²) in [6.45, 7) is 9.82. The molecule has 0 aliphatic heterocycles. The Labute approximate surface area is 312 Å². The fourth-order valence-corrected chi connectivity index (χ4v) is 6.00. The Morgan fingerprint density at radius 1 is 0.808 bits per heavy atom. The Balaban J connectivity index is 1.86. The number of rotatable bonds is 18. The van der Waals surface area contributed by atoms with Gasteiger partial charge in [-0.15, -0.1) is 0 Å². The summed E-state index contributed by atoms with van der Waals surface area (Å²) in [5.41, 5.74) is 1.97. The summed E-state index contributed by atoms with van der Waals surface area (Å²) in [5, 5.41) is 15.3. The summed E-state index contributed by atoms with van der Waals surface area (Å²) in [4.78, 5) is 53.3. The second kappa shape index (κ2) is 19.4. The highest BCUT2D eigenvalue weighted by atomic mass is 35.5. The number of carbonyl (C=O) groups is 4. The first-order valence-electron chi connectivity index (χ1n) is 17.3. The van der Waals surface area contributed by atoms with E-state index in [0.29, 0.717) is 18.0 Å². The van der Waals surface area contributed by atoms with Gasteiger partial charge in [0, 0.05) is 42.3 Å². The van der Waals surface area contributed by atoms with Gasteiger partial charge < -0.3 is 26.6 Å². The van der Waals surface area contributed by atoms with E-state index in [1.807, 2.05) is 57.2 Å². The molecule has 14 heteroatoms. The van der Waals surface area contributed by atoms with Crippen molar-refractivity contribution in [3.63, 3.8) is 0 Å². The summed E-state index contributed by atoms with van der Waals surface area (Å²) in [6, 6.07) is 18.4. The van der Waals surface area contributed by atoms with Crippen molar-refractivity contribution >= 4 is 50.9 Å². The Morgan fingerprint density at radius 3 is 2.02 bits per heavy atom. The van der Waals surface area contributed by atoms with E-state index in [0.717, 1.165) is 28.1 Å². The van der Waals surface area contributed by atoms with Gasteiger partial charge in [0.15, 0.2) is 0 Å². The van der Waals surface area contributed by atoms with E-state index in [-0.39, 0.29) is 41.1 Å². The van der Waals surface area contributed by atoms with Crippen molar-refractivity contribution in [3.05, 3.63) is 100 Å². The Hall–Kier alpha value is -4.46. The van der Waals surface area contributed by atoms with Crippen LogP contribution in [0.4, 0.5) is 5.69 Å². The number of nitrogens with one attached hydrogen (secondary N) is 5. The average molecular weight is 755 g/mol. The smallest absolute Gasteiger partial charge is 0.251 e. The molecule has 5 N–H and O–H groups in total. The molecular weight excluding hydrogens is 704 g/mol. The van der Waals surface area contributed by atoms with Gasteiger partial charge in [-0.25, -0.2) is 8.42 Å². The molecule has 52 heavy (non-hydrogen) atoms. The van der Waals surface area contributed by atoms with E-state index < -0.39 is 46.0 Å². The molecule has 0 radical (unpaired) electrons. The summed E-state index contributed by atoms with van der Waals surface area (Å²) in [7, 11) is -2.40. The summed E-state index contributed by atoms with van der Waals surface area (Å²) >= 11 is 6.14. The van der Waals surface area contributed by atoms with E-state index in [4.69, 9.17) is 11.6 Å². The Morgan fingerprint density at radius 2 is 1.44 bits per heavy atom. The summed E-state index contributed by atoms with van der Waals surface area (Å²) < 4.78 is 26.0. The topological polar surface area (TPSA) is 166 Å². The summed E-state index contributed by atoms with van der Waals surface area (Å²) in [5.74, 6) is -1.82. The number of carbonyl (C=O) groups excluding carboxylic acids is 4. The zero-order chi connectivity index (χ0) is 38.6. The second-order valence-corrected chi connectivity index (χ2v) is 15.7. The van der Waals surface area contributed by atoms with E-state index >= 15 is 0 Å². The summed E-state index contributed by atoms with van der Waals surface area (Å²) in [6.07, 6.45) is 2.20. The van der Waals surface area contributed by atoms with E-state index in [2.05, 4.69) is 26.6 Å². The predicted molar refractivity (Wildman–Crippen MR) is 206 cm³/mol. The van der Waals surface area contributed by atoms with Gasteiger partial charge in [0.2, 0.25) is 21.8 Å². The predicted octanol–water partition coefficient (Wildman–Crippen LogP) is 4.21. The molecule has 282 valence electrons. The lowest BCUT2D eigenvalue weighted by Crippen LogP contribution is -2.55. The lowest BCUT2D eigenvalue weighted by Gasteiger charge is -2.26. The first-order chi connectivity index (χ1) is 24.5. The highest BCUT2D eigenvalue weighted by Crippen LogP contribution is 2.23. The minimum atomic E-state index is -3.74. The molecule has 0 aromatic heterocycles. The number of benzene rings is 3. The van der Waals surface area contributed by atoms with Crippen LogP contribution in [0.15, 0.2) is 72.8 Å². The van der Waals surface area contributed by atoms with Crippen LogP contribution < -0.4 is 30.9 Å². The fraction of sp³-hybridized carbons (Fsp3) is 0.421. The minimum absolute atomic E-state index is 0.0651. The molecule has 4 atom stereocenters. The van der Waals surface area contributed by atoms with Crippen LogP contribution >= 0.6 is 11.6 Å².